The zero-order valence-electron chi connectivity index (χ0n) is 11.0. The number of hydrogen-bond donors (Lipinski definition) is 0. The maximum absolute atomic E-state index is 12.2. The van der Waals surface area contributed by atoms with Gasteiger partial charge in [0, 0.05) is 13.1 Å². The Kier molecular flexibility index (Phi) is 5.04. The summed E-state index contributed by atoms with van der Waals surface area (Å²) in [5.41, 5.74) is 0.440. The lowest BCUT2D eigenvalue weighted by Gasteiger charge is -2.29. The fourth-order valence-corrected chi connectivity index (χ4v) is 2.09. The van der Waals surface area contributed by atoms with Crippen LogP contribution in [0.3, 0.4) is 0 Å². The highest BCUT2D eigenvalue weighted by Crippen LogP contribution is 2.24. The van der Waals surface area contributed by atoms with Crippen molar-refractivity contribution >= 4 is 17.3 Å². The zero-order chi connectivity index (χ0) is 13.7. The lowest BCUT2D eigenvalue weighted by molar-refractivity contribution is 0.122. The summed E-state index contributed by atoms with van der Waals surface area (Å²) in [4.78, 5) is 14.3. The predicted octanol–water partition coefficient (Wildman–Crippen LogP) is 1.06. The van der Waals surface area contributed by atoms with Crippen LogP contribution in [-0.2, 0) is 10.7 Å². The lowest BCUT2D eigenvalue weighted by atomic mass is 10.3. The summed E-state index contributed by atoms with van der Waals surface area (Å²) in [6.45, 7) is 5.25. The normalized spacial score (nSPS) is 15.6. The average molecular weight is 288 g/mol. The minimum atomic E-state index is -0.285. The molecule has 0 saturated carbocycles. The predicted molar refractivity (Wildman–Crippen MR) is 73.2 cm³/mol. The summed E-state index contributed by atoms with van der Waals surface area (Å²) in [6, 6.07) is 0.0186. The van der Waals surface area contributed by atoms with E-state index in [0.29, 0.717) is 25.6 Å². The van der Waals surface area contributed by atoms with Crippen molar-refractivity contribution < 1.29 is 9.47 Å². The van der Waals surface area contributed by atoms with Gasteiger partial charge in [-0.2, -0.15) is 5.10 Å². The molecule has 2 heterocycles. The molecule has 19 heavy (non-hydrogen) atoms. The summed E-state index contributed by atoms with van der Waals surface area (Å²) >= 11 is 5.69. The van der Waals surface area contributed by atoms with Crippen LogP contribution in [0.15, 0.2) is 11.0 Å². The van der Waals surface area contributed by atoms with E-state index in [1.165, 1.54) is 4.68 Å². The first-order chi connectivity index (χ1) is 9.27. The molecule has 106 valence electrons. The third-order valence-corrected chi connectivity index (χ3v) is 3.12. The largest absolute Gasteiger partial charge is 0.486 e. The smallest absolute Gasteiger partial charge is 0.312 e. The van der Waals surface area contributed by atoms with E-state index in [1.807, 2.05) is 6.92 Å². The monoisotopic (exact) mass is 287 g/mol. The third kappa shape index (κ3) is 3.19. The molecule has 0 aliphatic carbocycles. The Morgan fingerprint density at radius 1 is 1.47 bits per heavy atom. The molecular weight excluding hydrogens is 270 g/mol. The van der Waals surface area contributed by atoms with Gasteiger partial charge in [0.1, 0.15) is 11.7 Å². The van der Waals surface area contributed by atoms with Crippen LogP contribution in [0.5, 0.6) is 5.75 Å². The SMILES string of the molecule is CCCOc1c(N2CCOCC2)cnn(CCl)c1=O. The fraction of sp³-hybridized carbons (Fsp3) is 0.667. The number of rotatable bonds is 5. The van der Waals surface area contributed by atoms with E-state index in [2.05, 4.69) is 10.00 Å². The van der Waals surface area contributed by atoms with Gasteiger partial charge >= 0.3 is 5.56 Å². The van der Waals surface area contributed by atoms with E-state index in [0.717, 1.165) is 25.2 Å². The first-order valence-corrected chi connectivity index (χ1v) is 6.93. The fourth-order valence-electron chi connectivity index (χ4n) is 1.92. The van der Waals surface area contributed by atoms with Crippen molar-refractivity contribution in [2.24, 2.45) is 0 Å². The molecule has 0 bridgehead atoms. The van der Waals surface area contributed by atoms with Crippen molar-refractivity contribution in [2.75, 3.05) is 37.8 Å². The van der Waals surface area contributed by atoms with E-state index in [1.54, 1.807) is 6.20 Å². The molecule has 2 rings (SSSR count). The average Bonchev–Trinajstić information content (AvgIpc) is 2.46. The van der Waals surface area contributed by atoms with Crippen LogP contribution in [0.2, 0.25) is 0 Å². The molecule has 1 aliphatic heterocycles. The Hall–Kier alpha value is -1.27. The minimum absolute atomic E-state index is 0.0186. The second-order valence-electron chi connectivity index (χ2n) is 4.23. The van der Waals surface area contributed by atoms with Crippen LogP contribution >= 0.6 is 11.6 Å². The second-order valence-corrected chi connectivity index (χ2v) is 4.47. The van der Waals surface area contributed by atoms with E-state index in [4.69, 9.17) is 21.1 Å². The van der Waals surface area contributed by atoms with Gasteiger partial charge in [0.15, 0.2) is 0 Å². The number of anilines is 1. The standard InChI is InChI=1S/C12H18ClN3O3/c1-2-5-19-11-10(15-3-6-18-7-4-15)8-14-16(9-13)12(11)17/h8H,2-7,9H2,1H3. The van der Waals surface area contributed by atoms with E-state index >= 15 is 0 Å². The molecule has 1 fully saturated rings. The summed E-state index contributed by atoms with van der Waals surface area (Å²) in [6.07, 6.45) is 2.48. The molecule has 6 nitrogen and oxygen atoms in total. The zero-order valence-corrected chi connectivity index (χ0v) is 11.7. The van der Waals surface area contributed by atoms with Crippen molar-refractivity contribution in [3.8, 4) is 5.75 Å². The number of alkyl halides is 1. The van der Waals surface area contributed by atoms with Crippen LogP contribution in [0.25, 0.3) is 0 Å². The number of aromatic nitrogens is 2. The third-order valence-electron chi connectivity index (χ3n) is 2.90. The van der Waals surface area contributed by atoms with Gasteiger partial charge in [-0.05, 0) is 6.42 Å². The molecule has 1 aromatic heterocycles. The van der Waals surface area contributed by atoms with Gasteiger partial charge < -0.3 is 14.4 Å². The van der Waals surface area contributed by atoms with E-state index < -0.39 is 0 Å². The molecule has 0 atom stereocenters. The molecule has 0 radical (unpaired) electrons. The summed E-state index contributed by atoms with van der Waals surface area (Å²) in [7, 11) is 0. The molecule has 7 heteroatoms. The molecule has 0 N–H and O–H groups in total. The molecular formula is C12H18ClN3O3. The maximum atomic E-state index is 12.2. The highest BCUT2D eigenvalue weighted by molar-refractivity contribution is 6.15. The minimum Gasteiger partial charge on any atom is -0.486 e. The van der Waals surface area contributed by atoms with Crippen molar-refractivity contribution in [1.82, 2.24) is 9.78 Å². The first kappa shape index (κ1) is 14.1. The summed E-state index contributed by atoms with van der Waals surface area (Å²) in [5.74, 6) is 0.333. The Morgan fingerprint density at radius 2 is 2.21 bits per heavy atom. The quantitative estimate of drug-likeness (QED) is 0.758. The van der Waals surface area contributed by atoms with Crippen molar-refractivity contribution in [1.29, 1.82) is 0 Å². The van der Waals surface area contributed by atoms with Crippen LogP contribution in [0, 0.1) is 0 Å². The van der Waals surface area contributed by atoms with Crippen LogP contribution in [0.1, 0.15) is 13.3 Å². The van der Waals surface area contributed by atoms with Gasteiger partial charge in [-0.1, -0.05) is 6.92 Å². The van der Waals surface area contributed by atoms with Gasteiger partial charge in [-0.25, -0.2) is 4.68 Å². The maximum Gasteiger partial charge on any atom is 0.312 e. The van der Waals surface area contributed by atoms with E-state index in [9.17, 15) is 4.79 Å². The van der Waals surface area contributed by atoms with Gasteiger partial charge in [-0.15, -0.1) is 11.6 Å². The van der Waals surface area contributed by atoms with Crippen LogP contribution < -0.4 is 15.2 Å². The molecule has 1 aliphatic rings. The van der Waals surface area contributed by atoms with Crippen LogP contribution in [0.4, 0.5) is 5.69 Å². The van der Waals surface area contributed by atoms with Crippen molar-refractivity contribution in [3.05, 3.63) is 16.6 Å². The Balaban J connectivity index is 2.34. The highest BCUT2D eigenvalue weighted by Gasteiger charge is 2.20. The molecule has 1 saturated heterocycles. The number of nitrogens with zero attached hydrogens (tertiary/aromatic N) is 3. The summed E-state index contributed by atoms with van der Waals surface area (Å²) in [5, 5.41) is 4.05. The number of halogens is 1. The van der Waals surface area contributed by atoms with Crippen molar-refractivity contribution in [3.63, 3.8) is 0 Å². The summed E-state index contributed by atoms with van der Waals surface area (Å²) < 4.78 is 12.1. The topological polar surface area (TPSA) is 56.6 Å². The van der Waals surface area contributed by atoms with E-state index in [-0.39, 0.29) is 11.6 Å². The number of hydrogen-bond acceptors (Lipinski definition) is 5. The second kappa shape index (κ2) is 6.77. The van der Waals surface area contributed by atoms with Gasteiger partial charge in [-0.3, -0.25) is 4.79 Å². The molecule has 0 spiro atoms. The molecule has 0 unspecified atom stereocenters. The molecule has 0 aromatic carbocycles. The Labute approximate surface area is 116 Å². The Bertz CT molecular complexity index is 472. The van der Waals surface area contributed by atoms with Gasteiger partial charge in [0.25, 0.3) is 0 Å². The number of ether oxygens (including phenoxy) is 2. The highest BCUT2D eigenvalue weighted by atomic mass is 35.5. The van der Waals surface area contributed by atoms with Gasteiger partial charge in [0.05, 0.1) is 26.0 Å². The van der Waals surface area contributed by atoms with Crippen LogP contribution in [-0.4, -0.2) is 42.7 Å². The molecule has 0 amide bonds. The van der Waals surface area contributed by atoms with Gasteiger partial charge in [0.2, 0.25) is 5.75 Å². The first-order valence-electron chi connectivity index (χ1n) is 6.39. The number of morpholine rings is 1. The Morgan fingerprint density at radius 3 is 2.84 bits per heavy atom. The lowest BCUT2D eigenvalue weighted by Crippen LogP contribution is -2.38. The molecule has 1 aromatic rings. The van der Waals surface area contributed by atoms with Crippen molar-refractivity contribution in [2.45, 2.75) is 19.3 Å².